The molecule has 5 heteroatoms. The van der Waals surface area contributed by atoms with E-state index in [0.717, 1.165) is 6.42 Å². The molecular formula is C16H16N2O3. The summed E-state index contributed by atoms with van der Waals surface area (Å²) in [6.45, 7) is 1.09. The zero-order valence-electron chi connectivity index (χ0n) is 11.5. The van der Waals surface area contributed by atoms with Crippen LogP contribution in [0.3, 0.4) is 0 Å². The first-order chi connectivity index (χ1) is 10.2. The number of carbonyl (C=O) groups is 1. The summed E-state index contributed by atoms with van der Waals surface area (Å²) >= 11 is 0. The molecule has 3 N–H and O–H groups in total. The highest BCUT2D eigenvalue weighted by Crippen LogP contribution is 2.33. The summed E-state index contributed by atoms with van der Waals surface area (Å²) in [5, 5.41) is 10.0. The quantitative estimate of drug-likeness (QED) is 0.623. The molecule has 3 rings (SSSR count). The number of fused-ring (bicyclic) bond motifs is 1. The van der Waals surface area contributed by atoms with E-state index in [2.05, 4.69) is 0 Å². The lowest BCUT2D eigenvalue weighted by atomic mass is 10.1. The minimum absolute atomic E-state index is 0.176. The Balaban J connectivity index is 2.03. The maximum Gasteiger partial charge on any atom is 0.262 e. The number of carbonyl (C=O) groups excluding carboxylic acids is 1. The second-order valence-corrected chi connectivity index (χ2v) is 4.87. The van der Waals surface area contributed by atoms with E-state index in [9.17, 15) is 9.90 Å². The van der Waals surface area contributed by atoms with Gasteiger partial charge in [-0.3, -0.25) is 4.79 Å². The van der Waals surface area contributed by atoms with Crippen LogP contribution in [-0.2, 0) is 0 Å². The van der Waals surface area contributed by atoms with Crippen LogP contribution in [-0.4, -0.2) is 24.2 Å². The smallest absolute Gasteiger partial charge is 0.262 e. The van der Waals surface area contributed by atoms with Crippen molar-refractivity contribution in [3.8, 4) is 11.5 Å². The molecule has 1 amide bonds. The zero-order valence-corrected chi connectivity index (χ0v) is 11.5. The topological polar surface area (TPSA) is 75.8 Å². The van der Waals surface area contributed by atoms with Crippen molar-refractivity contribution in [3.05, 3.63) is 48.0 Å². The monoisotopic (exact) mass is 284 g/mol. The number of amides is 1. The molecule has 2 aromatic carbocycles. The molecule has 21 heavy (non-hydrogen) atoms. The Bertz CT molecular complexity index is 685. The largest absolute Gasteiger partial charge is 0.505 e. The molecule has 0 atom stereocenters. The van der Waals surface area contributed by atoms with E-state index < -0.39 is 0 Å². The molecule has 0 spiro atoms. The summed E-state index contributed by atoms with van der Waals surface area (Å²) in [6, 6.07) is 12.2. The van der Waals surface area contributed by atoms with Crippen molar-refractivity contribution in [2.24, 2.45) is 0 Å². The first-order valence-electron chi connectivity index (χ1n) is 6.79. The van der Waals surface area contributed by atoms with Gasteiger partial charge in [0.15, 0.2) is 5.75 Å². The van der Waals surface area contributed by atoms with Gasteiger partial charge in [-0.25, -0.2) is 0 Å². The van der Waals surface area contributed by atoms with Gasteiger partial charge in [0.1, 0.15) is 5.75 Å². The van der Waals surface area contributed by atoms with Crippen LogP contribution in [0, 0.1) is 0 Å². The number of rotatable bonds is 1. The van der Waals surface area contributed by atoms with Gasteiger partial charge in [0.05, 0.1) is 23.5 Å². The Morgan fingerprint density at radius 2 is 2.00 bits per heavy atom. The molecule has 0 saturated carbocycles. The second kappa shape index (κ2) is 5.36. The lowest BCUT2D eigenvalue weighted by Crippen LogP contribution is -2.31. The number of ether oxygens (including phenoxy) is 1. The molecule has 0 saturated heterocycles. The van der Waals surface area contributed by atoms with Crippen molar-refractivity contribution in [1.82, 2.24) is 0 Å². The van der Waals surface area contributed by atoms with Crippen molar-refractivity contribution in [2.75, 3.05) is 23.8 Å². The number of anilines is 2. The Morgan fingerprint density at radius 3 is 2.86 bits per heavy atom. The third-order valence-corrected chi connectivity index (χ3v) is 3.48. The van der Waals surface area contributed by atoms with Crippen LogP contribution in [0.25, 0.3) is 0 Å². The molecule has 5 nitrogen and oxygen atoms in total. The van der Waals surface area contributed by atoms with E-state index in [1.54, 1.807) is 23.1 Å². The van der Waals surface area contributed by atoms with Crippen molar-refractivity contribution in [2.45, 2.75) is 6.42 Å². The third kappa shape index (κ3) is 2.38. The SMILES string of the molecule is Nc1cccc(C(=O)N2CCCOc3ccccc32)c1O. The summed E-state index contributed by atoms with van der Waals surface area (Å²) in [6.07, 6.45) is 0.726. The summed E-state index contributed by atoms with van der Waals surface area (Å²) in [5.74, 6) is 0.217. The first kappa shape index (κ1) is 13.3. The minimum Gasteiger partial charge on any atom is -0.505 e. The van der Waals surface area contributed by atoms with Gasteiger partial charge in [-0.1, -0.05) is 18.2 Å². The van der Waals surface area contributed by atoms with E-state index in [0.29, 0.717) is 24.6 Å². The molecule has 0 bridgehead atoms. The highest BCUT2D eigenvalue weighted by molar-refractivity contribution is 6.09. The maximum atomic E-state index is 12.7. The number of hydrogen-bond acceptors (Lipinski definition) is 4. The van der Waals surface area contributed by atoms with E-state index in [4.69, 9.17) is 10.5 Å². The van der Waals surface area contributed by atoms with Crippen LogP contribution in [0.2, 0.25) is 0 Å². The number of nitrogens with two attached hydrogens (primary N) is 1. The van der Waals surface area contributed by atoms with Gasteiger partial charge in [-0.15, -0.1) is 0 Å². The van der Waals surface area contributed by atoms with Gasteiger partial charge in [0, 0.05) is 6.54 Å². The van der Waals surface area contributed by atoms with Crippen molar-refractivity contribution in [1.29, 1.82) is 0 Å². The van der Waals surface area contributed by atoms with Crippen LogP contribution in [0.15, 0.2) is 42.5 Å². The molecule has 108 valence electrons. The highest BCUT2D eigenvalue weighted by atomic mass is 16.5. The fraction of sp³-hybridized carbons (Fsp3) is 0.188. The number of phenols is 1. The van der Waals surface area contributed by atoms with Crippen molar-refractivity contribution >= 4 is 17.3 Å². The molecule has 0 aliphatic carbocycles. The lowest BCUT2D eigenvalue weighted by molar-refractivity contribution is 0.0984. The van der Waals surface area contributed by atoms with Gasteiger partial charge >= 0.3 is 0 Å². The van der Waals surface area contributed by atoms with Gasteiger partial charge in [0.25, 0.3) is 5.91 Å². The van der Waals surface area contributed by atoms with Crippen LogP contribution < -0.4 is 15.4 Å². The van der Waals surface area contributed by atoms with Crippen LogP contribution in [0.5, 0.6) is 11.5 Å². The van der Waals surface area contributed by atoms with Crippen LogP contribution >= 0.6 is 0 Å². The highest BCUT2D eigenvalue weighted by Gasteiger charge is 2.25. The summed E-state index contributed by atoms with van der Waals surface area (Å²) < 4.78 is 5.64. The molecule has 2 aromatic rings. The van der Waals surface area contributed by atoms with Crippen molar-refractivity contribution < 1.29 is 14.6 Å². The maximum absolute atomic E-state index is 12.7. The van der Waals surface area contributed by atoms with Gasteiger partial charge in [-0.05, 0) is 30.7 Å². The normalized spacial score (nSPS) is 14.0. The number of phenolic OH excluding ortho intramolecular Hbond substituents is 1. The Labute approximate surface area is 122 Å². The summed E-state index contributed by atoms with van der Waals surface area (Å²) in [7, 11) is 0. The third-order valence-electron chi connectivity index (χ3n) is 3.48. The predicted octanol–water partition coefficient (Wildman–Crippen LogP) is 2.40. The van der Waals surface area contributed by atoms with Gasteiger partial charge in [-0.2, -0.15) is 0 Å². The van der Waals surface area contributed by atoms with E-state index >= 15 is 0 Å². The van der Waals surface area contributed by atoms with E-state index in [1.165, 1.54) is 0 Å². The molecule has 0 fully saturated rings. The molecule has 1 heterocycles. The van der Waals surface area contributed by atoms with E-state index in [1.807, 2.05) is 24.3 Å². The average Bonchev–Trinajstić information content (AvgIpc) is 2.72. The average molecular weight is 284 g/mol. The Kier molecular flexibility index (Phi) is 3.39. The second-order valence-electron chi connectivity index (χ2n) is 4.87. The van der Waals surface area contributed by atoms with E-state index in [-0.39, 0.29) is 22.9 Å². The molecule has 0 radical (unpaired) electrons. The predicted molar refractivity (Wildman–Crippen MR) is 80.7 cm³/mol. The number of benzene rings is 2. The molecule has 0 unspecified atom stereocenters. The number of para-hydroxylation sites is 3. The van der Waals surface area contributed by atoms with Crippen LogP contribution in [0.4, 0.5) is 11.4 Å². The number of nitrogen functional groups attached to an aromatic ring is 1. The number of aromatic hydroxyl groups is 1. The van der Waals surface area contributed by atoms with Crippen molar-refractivity contribution in [3.63, 3.8) is 0 Å². The first-order valence-corrected chi connectivity index (χ1v) is 6.79. The zero-order chi connectivity index (χ0) is 14.8. The molecule has 0 aromatic heterocycles. The Hall–Kier alpha value is -2.69. The summed E-state index contributed by atoms with van der Waals surface area (Å²) in [5.41, 5.74) is 6.77. The fourth-order valence-corrected chi connectivity index (χ4v) is 2.42. The van der Waals surface area contributed by atoms with Gasteiger partial charge < -0.3 is 20.5 Å². The Morgan fingerprint density at radius 1 is 1.19 bits per heavy atom. The fourth-order valence-electron chi connectivity index (χ4n) is 2.42. The number of nitrogens with zero attached hydrogens (tertiary/aromatic N) is 1. The lowest BCUT2D eigenvalue weighted by Gasteiger charge is -2.22. The standard InChI is InChI=1S/C16H16N2O3/c17-12-6-3-5-11(15(12)19)16(20)18-9-4-10-21-14-8-2-1-7-13(14)18/h1-3,5-8,19H,4,9-10,17H2. The molecule has 1 aliphatic heterocycles. The van der Waals surface area contributed by atoms with Gasteiger partial charge in [0.2, 0.25) is 0 Å². The van der Waals surface area contributed by atoms with Crippen LogP contribution in [0.1, 0.15) is 16.8 Å². The molecule has 1 aliphatic rings. The number of hydrogen-bond donors (Lipinski definition) is 2. The minimum atomic E-state index is -0.280. The summed E-state index contributed by atoms with van der Waals surface area (Å²) in [4.78, 5) is 14.4. The molecular weight excluding hydrogens is 268 g/mol.